The number of quaternary nitrogens is 1. The normalized spacial score (nSPS) is 31.8. The summed E-state index contributed by atoms with van der Waals surface area (Å²) in [5.41, 5.74) is 1.05. The number of hydrogen-bond donors (Lipinski definition) is 2. The molecule has 4 nitrogen and oxygen atoms in total. The second-order valence-corrected chi connectivity index (χ2v) is 10.8. The Balaban J connectivity index is 1.64. The first kappa shape index (κ1) is 22.2. The molecule has 1 saturated heterocycles. The van der Waals surface area contributed by atoms with Gasteiger partial charge in [0.25, 0.3) is 0 Å². The summed E-state index contributed by atoms with van der Waals surface area (Å²) in [7, 11) is 0. The number of nitrogens with two attached hydrogens (primary N) is 1. The lowest BCUT2D eigenvalue weighted by molar-refractivity contribution is -0.588. The molecule has 5 unspecified atom stereocenters. The quantitative estimate of drug-likeness (QED) is 0.609. The van der Waals surface area contributed by atoms with Crippen LogP contribution in [0.1, 0.15) is 55.6 Å². The van der Waals surface area contributed by atoms with Crippen LogP contribution in [0.4, 0.5) is 0 Å². The van der Waals surface area contributed by atoms with Crippen LogP contribution in [0.3, 0.4) is 0 Å². The van der Waals surface area contributed by atoms with Gasteiger partial charge >= 0.3 is 5.91 Å². The molecule has 2 aliphatic carbocycles. The highest BCUT2D eigenvalue weighted by atomic mass is 35.5. The molecule has 3 fully saturated rings. The molecule has 7 heteroatoms. The highest BCUT2D eigenvalue weighted by Gasteiger charge is 2.66. The Hall–Kier alpha value is -1.59. The predicted octanol–water partition coefficient (Wildman–Crippen LogP) is 4.68. The van der Waals surface area contributed by atoms with Crippen molar-refractivity contribution in [2.75, 3.05) is 0 Å². The van der Waals surface area contributed by atoms with Gasteiger partial charge in [-0.2, -0.15) is 0 Å². The molecular formula is C25H26Cl3N2O2+. The number of primary amides is 1. The van der Waals surface area contributed by atoms with Crippen LogP contribution in [0.15, 0.2) is 42.5 Å². The van der Waals surface area contributed by atoms with E-state index in [0.29, 0.717) is 34.0 Å². The summed E-state index contributed by atoms with van der Waals surface area (Å²) >= 11 is 19.0. The number of carbonyl (C=O) groups excluding carboxylic acids is 2. The second kappa shape index (κ2) is 8.32. The van der Waals surface area contributed by atoms with E-state index in [2.05, 4.69) is 5.32 Å². The predicted molar refractivity (Wildman–Crippen MR) is 126 cm³/mol. The number of nitrogens with one attached hydrogen (secondary N) is 1. The first-order valence-electron chi connectivity index (χ1n) is 11.2. The van der Waals surface area contributed by atoms with E-state index >= 15 is 0 Å². The van der Waals surface area contributed by atoms with Crippen LogP contribution >= 0.6 is 34.8 Å². The fourth-order valence-electron chi connectivity index (χ4n) is 6.02. The van der Waals surface area contributed by atoms with Crippen LogP contribution in [0, 0.1) is 11.3 Å². The molecule has 1 heterocycles. The van der Waals surface area contributed by atoms with Crippen LogP contribution in [-0.4, -0.2) is 23.9 Å². The molecule has 3 aliphatic rings. The van der Waals surface area contributed by atoms with Crippen LogP contribution in [0.2, 0.25) is 15.1 Å². The van der Waals surface area contributed by atoms with Crippen molar-refractivity contribution in [2.45, 2.75) is 56.5 Å². The van der Waals surface area contributed by atoms with Gasteiger partial charge in [0.2, 0.25) is 5.91 Å². The Bertz CT molecular complexity index is 1070. The standard InChI is InChI=1S/C25H25Cl3N2O2/c1-13-22-21(14-2-4-15(26)5-3-14)19(18-9-6-16(27)12-20(18)28)10-11-25(22,23(31)29-13)24(32)30-17-7-8-17/h2-6,9,12-13,17,19,21-22H,7-8,10-11H2,1H3,(H,29,31)(H,30,32)/p+1. The molecule has 32 heavy (non-hydrogen) atoms. The van der Waals surface area contributed by atoms with Crippen molar-refractivity contribution in [2.24, 2.45) is 11.3 Å². The average Bonchev–Trinajstić information content (AvgIpc) is 3.52. The van der Waals surface area contributed by atoms with E-state index in [9.17, 15) is 9.59 Å². The van der Waals surface area contributed by atoms with Gasteiger partial charge in [-0.1, -0.05) is 53.0 Å². The molecule has 2 aromatic rings. The third-order valence-electron chi connectivity index (χ3n) is 7.61. The first-order chi connectivity index (χ1) is 15.3. The number of hydrogen-bond acceptors (Lipinski definition) is 2. The first-order valence-corrected chi connectivity index (χ1v) is 12.4. The van der Waals surface area contributed by atoms with Crippen LogP contribution < -0.4 is 10.6 Å². The van der Waals surface area contributed by atoms with Crippen molar-refractivity contribution >= 4 is 46.6 Å². The van der Waals surface area contributed by atoms with E-state index in [1.807, 2.05) is 48.6 Å². The van der Waals surface area contributed by atoms with Crippen molar-refractivity contribution in [3.63, 3.8) is 0 Å². The van der Waals surface area contributed by atoms with Crippen molar-refractivity contribution in [3.05, 3.63) is 68.7 Å². The summed E-state index contributed by atoms with van der Waals surface area (Å²) in [6.45, 7) is 2.02. The molecular weight excluding hydrogens is 467 g/mol. The Labute approximate surface area is 203 Å². The minimum absolute atomic E-state index is 0.00790. The maximum Gasteiger partial charge on any atom is 0.326 e. The molecule has 168 valence electrons. The van der Waals surface area contributed by atoms with Gasteiger partial charge in [0.1, 0.15) is 0 Å². The fourth-order valence-corrected chi connectivity index (χ4v) is 6.69. The number of halogens is 3. The van der Waals surface area contributed by atoms with Crippen molar-refractivity contribution in [1.29, 1.82) is 0 Å². The molecule has 5 rings (SSSR count). The maximum absolute atomic E-state index is 13.6. The molecule has 0 aromatic heterocycles. The summed E-state index contributed by atoms with van der Waals surface area (Å²) in [5.74, 6) is -0.319. The number of amides is 2. The fraction of sp³-hybridized carbons (Fsp3) is 0.440. The van der Waals surface area contributed by atoms with E-state index in [1.54, 1.807) is 6.07 Å². The summed E-state index contributed by atoms with van der Waals surface area (Å²) in [5, 5.41) is 6.81. The van der Waals surface area contributed by atoms with Gasteiger partial charge in [0.05, 0.1) is 6.04 Å². The molecule has 0 bridgehead atoms. The summed E-state index contributed by atoms with van der Waals surface area (Å²) < 4.78 is 0. The van der Waals surface area contributed by atoms with E-state index in [-0.39, 0.29) is 35.6 Å². The average molecular weight is 493 g/mol. The topological polar surface area (TPSA) is 62.8 Å². The third-order valence-corrected chi connectivity index (χ3v) is 8.42. The molecule has 2 aromatic carbocycles. The highest BCUT2D eigenvalue weighted by Crippen LogP contribution is 2.59. The van der Waals surface area contributed by atoms with Crippen molar-refractivity contribution in [3.8, 4) is 0 Å². The van der Waals surface area contributed by atoms with Crippen LogP contribution in [0.25, 0.3) is 0 Å². The number of fused-ring (bicyclic) bond motifs is 1. The maximum atomic E-state index is 13.6. The monoisotopic (exact) mass is 491 g/mol. The molecule has 3 N–H and O–H groups in total. The molecule has 0 radical (unpaired) electrons. The molecule has 2 saturated carbocycles. The lowest BCUT2D eigenvalue weighted by Gasteiger charge is -2.45. The van der Waals surface area contributed by atoms with Gasteiger partial charge in [-0.25, -0.2) is 4.79 Å². The zero-order chi connectivity index (χ0) is 22.6. The van der Waals surface area contributed by atoms with E-state index in [1.165, 1.54) is 0 Å². The van der Waals surface area contributed by atoms with Gasteiger partial charge in [-0.15, -0.1) is 0 Å². The van der Waals surface area contributed by atoms with Gasteiger partial charge < -0.3 is 5.32 Å². The van der Waals surface area contributed by atoms with E-state index in [0.717, 1.165) is 24.0 Å². The number of rotatable bonds is 4. The van der Waals surface area contributed by atoms with Crippen molar-refractivity contribution < 1.29 is 14.9 Å². The molecule has 5 atom stereocenters. The minimum atomic E-state index is -1.03. The zero-order valence-electron chi connectivity index (χ0n) is 17.8. The SMILES string of the molecule is CC1NC(=O)C2(C(=O)[NH2+]C3CC3)CCC(c3ccc(Cl)cc3Cl)C(c3ccc(Cl)cc3)C12. The van der Waals surface area contributed by atoms with E-state index < -0.39 is 5.41 Å². The lowest BCUT2D eigenvalue weighted by atomic mass is 9.54. The van der Waals surface area contributed by atoms with Crippen LogP contribution in [-0.2, 0) is 9.59 Å². The summed E-state index contributed by atoms with van der Waals surface area (Å²) in [4.78, 5) is 27.0. The van der Waals surface area contributed by atoms with E-state index in [4.69, 9.17) is 34.8 Å². The number of carbonyl (C=O) groups is 2. The number of benzene rings is 2. The minimum Gasteiger partial charge on any atom is -0.352 e. The summed E-state index contributed by atoms with van der Waals surface area (Å²) in [6.07, 6.45) is 3.28. The van der Waals surface area contributed by atoms with Gasteiger partial charge in [0.15, 0.2) is 5.41 Å². The Kier molecular flexibility index (Phi) is 5.78. The summed E-state index contributed by atoms with van der Waals surface area (Å²) in [6, 6.07) is 13.6. The zero-order valence-corrected chi connectivity index (χ0v) is 20.1. The molecule has 1 aliphatic heterocycles. The Morgan fingerprint density at radius 1 is 1.03 bits per heavy atom. The van der Waals surface area contributed by atoms with Gasteiger partial charge in [-0.05, 0) is 67.0 Å². The third kappa shape index (κ3) is 3.66. The molecule has 2 amide bonds. The lowest BCUT2D eigenvalue weighted by Crippen LogP contribution is -2.93. The Morgan fingerprint density at radius 2 is 1.72 bits per heavy atom. The highest BCUT2D eigenvalue weighted by molar-refractivity contribution is 6.35. The van der Waals surface area contributed by atoms with Gasteiger partial charge in [-0.3, -0.25) is 10.1 Å². The van der Waals surface area contributed by atoms with Gasteiger partial charge in [0, 0.05) is 39.9 Å². The Morgan fingerprint density at radius 3 is 2.38 bits per heavy atom. The van der Waals surface area contributed by atoms with Crippen LogP contribution in [0.5, 0.6) is 0 Å². The van der Waals surface area contributed by atoms with Crippen molar-refractivity contribution in [1.82, 2.24) is 5.32 Å². The smallest absolute Gasteiger partial charge is 0.326 e. The largest absolute Gasteiger partial charge is 0.352 e. The molecule has 0 spiro atoms. The second-order valence-electron chi connectivity index (χ2n) is 9.52.